The Morgan fingerprint density at radius 2 is 2.04 bits per heavy atom. The van der Waals surface area contributed by atoms with E-state index in [-0.39, 0.29) is 29.3 Å². The van der Waals surface area contributed by atoms with Crippen LogP contribution in [0.4, 0.5) is 0 Å². The fraction of sp³-hybridized carbons (Fsp3) is 0.812. The van der Waals surface area contributed by atoms with E-state index in [0.717, 1.165) is 0 Å². The van der Waals surface area contributed by atoms with Crippen molar-refractivity contribution in [2.45, 2.75) is 39.7 Å². The van der Waals surface area contributed by atoms with Crippen molar-refractivity contribution < 1.29 is 18.8 Å². The summed E-state index contributed by atoms with van der Waals surface area (Å²) in [4.78, 5) is 19.2. The molecule has 0 spiro atoms. The average Bonchev–Trinajstić information content (AvgIpc) is 2.95. The van der Waals surface area contributed by atoms with Crippen LogP contribution < -0.4 is 0 Å². The van der Waals surface area contributed by atoms with Gasteiger partial charge in [-0.2, -0.15) is 4.98 Å². The van der Waals surface area contributed by atoms with Crippen molar-refractivity contribution in [3.63, 3.8) is 0 Å². The lowest BCUT2D eigenvalue weighted by atomic mass is 9.74. The monoisotopic (exact) mass is 323 g/mol. The summed E-state index contributed by atoms with van der Waals surface area (Å²) in [7, 11) is 0. The summed E-state index contributed by atoms with van der Waals surface area (Å²) in [6.07, 6.45) is -0.325. The van der Waals surface area contributed by atoms with E-state index in [1.807, 2.05) is 18.7 Å². The lowest BCUT2D eigenvalue weighted by molar-refractivity contribution is -0.188. The normalized spacial score (nSPS) is 24.1. The van der Waals surface area contributed by atoms with Gasteiger partial charge in [-0.25, -0.2) is 0 Å². The van der Waals surface area contributed by atoms with Crippen LogP contribution in [0, 0.1) is 11.3 Å². The molecule has 1 atom stereocenters. The van der Waals surface area contributed by atoms with Crippen LogP contribution in [0.15, 0.2) is 4.52 Å². The fourth-order valence-corrected chi connectivity index (χ4v) is 2.94. The van der Waals surface area contributed by atoms with Crippen molar-refractivity contribution in [3.8, 4) is 0 Å². The predicted molar refractivity (Wildman–Crippen MR) is 81.8 cm³/mol. The fourth-order valence-electron chi connectivity index (χ4n) is 2.94. The number of amides is 1. The molecule has 0 aromatic carbocycles. The minimum Gasteiger partial charge on any atom is -0.379 e. The SMILES string of the molecule is CC(C)c1nc(C2CN(C(=O)C3(C(C)C)COC3)CCO2)no1. The van der Waals surface area contributed by atoms with E-state index in [9.17, 15) is 4.79 Å². The highest BCUT2D eigenvalue weighted by molar-refractivity contribution is 5.84. The first-order valence-corrected chi connectivity index (χ1v) is 8.26. The van der Waals surface area contributed by atoms with Crippen LogP contribution in [0.3, 0.4) is 0 Å². The van der Waals surface area contributed by atoms with Crippen LogP contribution in [-0.2, 0) is 14.3 Å². The van der Waals surface area contributed by atoms with Gasteiger partial charge in [0, 0.05) is 12.5 Å². The second-order valence-corrected chi connectivity index (χ2v) is 7.06. The number of ether oxygens (including phenoxy) is 2. The smallest absolute Gasteiger partial charge is 0.233 e. The maximum Gasteiger partial charge on any atom is 0.233 e. The topological polar surface area (TPSA) is 77.7 Å². The number of hydrogen-bond acceptors (Lipinski definition) is 6. The number of nitrogens with zero attached hydrogens (tertiary/aromatic N) is 3. The molecule has 0 radical (unpaired) electrons. The Bertz CT molecular complexity index is 565. The number of carbonyl (C=O) groups excluding carboxylic acids is 1. The zero-order chi connectivity index (χ0) is 16.6. The number of aromatic nitrogens is 2. The van der Waals surface area contributed by atoms with E-state index in [1.165, 1.54) is 0 Å². The van der Waals surface area contributed by atoms with Crippen LogP contribution in [0.5, 0.6) is 0 Å². The molecule has 3 heterocycles. The standard InChI is InChI=1S/C16H25N3O4/c1-10(2)14-17-13(18-23-14)12-7-19(5-6-22-12)15(20)16(11(3)4)8-21-9-16/h10-12H,5-9H2,1-4H3. The molecule has 7 nitrogen and oxygen atoms in total. The summed E-state index contributed by atoms with van der Waals surface area (Å²) in [6.45, 7) is 10.7. The highest BCUT2D eigenvalue weighted by Crippen LogP contribution is 2.38. The maximum absolute atomic E-state index is 13.0. The van der Waals surface area contributed by atoms with Gasteiger partial charge in [-0.3, -0.25) is 4.79 Å². The molecule has 0 bridgehead atoms. The van der Waals surface area contributed by atoms with Crippen LogP contribution in [0.25, 0.3) is 0 Å². The van der Waals surface area contributed by atoms with E-state index in [4.69, 9.17) is 14.0 Å². The van der Waals surface area contributed by atoms with Gasteiger partial charge < -0.3 is 18.9 Å². The second kappa shape index (κ2) is 6.20. The first-order chi connectivity index (χ1) is 10.9. The molecule has 0 saturated carbocycles. The Morgan fingerprint density at radius 3 is 2.57 bits per heavy atom. The lowest BCUT2D eigenvalue weighted by Crippen LogP contribution is -2.60. The van der Waals surface area contributed by atoms with Gasteiger partial charge in [0.15, 0.2) is 0 Å². The molecular formula is C16H25N3O4. The summed E-state index contributed by atoms with van der Waals surface area (Å²) >= 11 is 0. The molecule has 2 aliphatic heterocycles. The zero-order valence-corrected chi connectivity index (χ0v) is 14.2. The van der Waals surface area contributed by atoms with Gasteiger partial charge in [-0.05, 0) is 5.92 Å². The maximum atomic E-state index is 13.0. The van der Waals surface area contributed by atoms with Gasteiger partial charge in [-0.1, -0.05) is 32.9 Å². The van der Waals surface area contributed by atoms with Gasteiger partial charge in [0.05, 0.1) is 31.8 Å². The molecule has 1 unspecified atom stereocenters. The molecule has 2 saturated heterocycles. The van der Waals surface area contributed by atoms with E-state index in [1.54, 1.807) is 0 Å². The Hall–Kier alpha value is -1.47. The minimum atomic E-state index is -0.387. The summed E-state index contributed by atoms with van der Waals surface area (Å²) in [5.74, 6) is 1.70. The molecule has 2 aliphatic rings. The molecule has 23 heavy (non-hydrogen) atoms. The van der Waals surface area contributed by atoms with Gasteiger partial charge in [0.1, 0.15) is 6.10 Å². The van der Waals surface area contributed by atoms with Crippen molar-refractivity contribution in [3.05, 3.63) is 11.7 Å². The highest BCUT2D eigenvalue weighted by atomic mass is 16.5. The quantitative estimate of drug-likeness (QED) is 0.840. The van der Waals surface area contributed by atoms with Crippen LogP contribution >= 0.6 is 0 Å². The van der Waals surface area contributed by atoms with Gasteiger partial charge in [0.2, 0.25) is 17.6 Å². The summed E-state index contributed by atoms with van der Waals surface area (Å²) in [6, 6.07) is 0. The third-order valence-corrected chi connectivity index (χ3v) is 4.84. The zero-order valence-electron chi connectivity index (χ0n) is 14.2. The van der Waals surface area contributed by atoms with E-state index in [2.05, 4.69) is 24.0 Å². The molecule has 2 fully saturated rings. The van der Waals surface area contributed by atoms with Crippen LogP contribution in [-0.4, -0.2) is 53.9 Å². The third kappa shape index (κ3) is 2.87. The Balaban J connectivity index is 1.71. The van der Waals surface area contributed by atoms with Gasteiger partial charge >= 0.3 is 0 Å². The van der Waals surface area contributed by atoms with E-state index in [0.29, 0.717) is 44.6 Å². The van der Waals surface area contributed by atoms with E-state index >= 15 is 0 Å². The molecule has 7 heteroatoms. The summed E-state index contributed by atoms with van der Waals surface area (Å²) in [5.41, 5.74) is -0.387. The molecule has 128 valence electrons. The van der Waals surface area contributed by atoms with E-state index < -0.39 is 0 Å². The second-order valence-electron chi connectivity index (χ2n) is 7.06. The van der Waals surface area contributed by atoms with Crippen molar-refractivity contribution >= 4 is 5.91 Å². The Kier molecular flexibility index (Phi) is 4.42. The molecule has 0 N–H and O–H groups in total. The van der Waals surface area contributed by atoms with Crippen molar-refractivity contribution in [2.24, 2.45) is 11.3 Å². The average molecular weight is 323 g/mol. The minimum absolute atomic E-state index is 0.152. The molecule has 0 aliphatic carbocycles. The lowest BCUT2D eigenvalue weighted by Gasteiger charge is -2.47. The summed E-state index contributed by atoms with van der Waals surface area (Å²) < 4.78 is 16.3. The van der Waals surface area contributed by atoms with Crippen molar-refractivity contribution in [1.82, 2.24) is 15.0 Å². The predicted octanol–water partition coefficient (Wildman–Crippen LogP) is 1.77. The van der Waals surface area contributed by atoms with Crippen LogP contribution in [0.1, 0.15) is 51.4 Å². The molecule has 1 amide bonds. The van der Waals surface area contributed by atoms with Crippen LogP contribution in [0.2, 0.25) is 0 Å². The molecular weight excluding hydrogens is 298 g/mol. The number of hydrogen-bond donors (Lipinski definition) is 0. The van der Waals surface area contributed by atoms with Crippen molar-refractivity contribution in [1.29, 1.82) is 0 Å². The summed E-state index contributed by atoms with van der Waals surface area (Å²) in [5, 5.41) is 4.01. The van der Waals surface area contributed by atoms with Gasteiger partial charge in [0.25, 0.3) is 0 Å². The molecule has 3 rings (SSSR count). The Labute approximate surface area is 136 Å². The Morgan fingerprint density at radius 1 is 1.30 bits per heavy atom. The first-order valence-electron chi connectivity index (χ1n) is 8.26. The highest BCUT2D eigenvalue weighted by Gasteiger charge is 2.51. The third-order valence-electron chi connectivity index (χ3n) is 4.84. The largest absolute Gasteiger partial charge is 0.379 e. The first kappa shape index (κ1) is 16.4. The van der Waals surface area contributed by atoms with Gasteiger partial charge in [-0.15, -0.1) is 0 Å². The number of carbonyl (C=O) groups is 1. The van der Waals surface area contributed by atoms with Crippen molar-refractivity contribution in [2.75, 3.05) is 32.9 Å². The number of rotatable bonds is 4. The molecule has 1 aromatic rings. The molecule has 1 aromatic heterocycles. The number of morpholine rings is 1.